The highest BCUT2D eigenvalue weighted by Gasteiger charge is 2.13. The average Bonchev–Trinajstić information content (AvgIpc) is 2.82. The van der Waals surface area contributed by atoms with Crippen molar-refractivity contribution >= 4 is 33.8 Å². The van der Waals surface area contributed by atoms with E-state index in [1.807, 2.05) is 19.1 Å². The van der Waals surface area contributed by atoms with Gasteiger partial charge in [0, 0.05) is 17.2 Å². The molecule has 1 aromatic carbocycles. The minimum absolute atomic E-state index is 0.356. The van der Waals surface area contributed by atoms with Crippen LogP contribution < -0.4 is 5.63 Å². The molecule has 0 saturated heterocycles. The molecule has 0 unspecified atom stereocenters. The summed E-state index contributed by atoms with van der Waals surface area (Å²) in [5.74, 6) is 0.976. The molecule has 0 bridgehead atoms. The van der Waals surface area contributed by atoms with Crippen molar-refractivity contribution in [2.24, 2.45) is 0 Å². The lowest BCUT2D eigenvalue weighted by Gasteiger charge is -1.98. The monoisotopic (exact) mass is 289 g/mol. The number of unbranched alkanes of at least 4 members (excludes halogenated alkanes) is 1. The minimum atomic E-state index is -0.356. The maximum absolute atomic E-state index is 11.5. The number of aryl methyl sites for hydroxylation is 1. The summed E-state index contributed by atoms with van der Waals surface area (Å²) in [5.41, 5.74) is 2.33. The second-order valence-corrected chi connectivity index (χ2v) is 5.77. The van der Waals surface area contributed by atoms with Crippen LogP contribution in [0.1, 0.15) is 25.3 Å². The van der Waals surface area contributed by atoms with Crippen molar-refractivity contribution in [1.29, 1.82) is 0 Å². The quantitative estimate of drug-likeness (QED) is 0.410. The first-order chi connectivity index (χ1) is 9.69. The van der Waals surface area contributed by atoms with Crippen molar-refractivity contribution in [1.82, 2.24) is 4.98 Å². The lowest BCUT2D eigenvalue weighted by molar-refractivity contribution is 0.489. The van der Waals surface area contributed by atoms with Gasteiger partial charge in [-0.25, -0.2) is 4.79 Å². The molecule has 3 aromatic rings. The van der Waals surface area contributed by atoms with Gasteiger partial charge in [0.2, 0.25) is 0 Å². The zero-order chi connectivity index (χ0) is 14.1. The number of hydrogen-bond donors (Lipinski definition) is 0. The van der Waals surface area contributed by atoms with Gasteiger partial charge in [0.25, 0.3) is 5.22 Å². The Kier molecular flexibility index (Phi) is 3.53. The Morgan fingerprint density at radius 3 is 2.95 bits per heavy atom. The number of benzene rings is 1. The standard InChI is InChI=1S/C15H15NO3S/c1-3-4-7-20-15-16-13-11(18-15)6-5-10-9(2)8-12(17)19-14(10)13/h5-6,8H,3-4,7H2,1-2H3. The van der Waals surface area contributed by atoms with Gasteiger partial charge in [0.15, 0.2) is 16.7 Å². The van der Waals surface area contributed by atoms with Gasteiger partial charge in [0.1, 0.15) is 0 Å². The van der Waals surface area contributed by atoms with Crippen molar-refractivity contribution < 1.29 is 8.83 Å². The van der Waals surface area contributed by atoms with Gasteiger partial charge >= 0.3 is 5.63 Å². The van der Waals surface area contributed by atoms with Crippen LogP contribution in [0.25, 0.3) is 22.1 Å². The van der Waals surface area contributed by atoms with Crippen LogP contribution in [0.2, 0.25) is 0 Å². The first-order valence-electron chi connectivity index (χ1n) is 6.66. The van der Waals surface area contributed by atoms with Crippen LogP contribution >= 0.6 is 11.8 Å². The number of aromatic nitrogens is 1. The molecule has 0 radical (unpaired) electrons. The highest BCUT2D eigenvalue weighted by Crippen LogP contribution is 2.30. The molecule has 0 saturated carbocycles. The summed E-state index contributed by atoms with van der Waals surface area (Å²) in [7, 11) is 0. The van der Waals surface area contributed by atoms with E-state index in [0.29, 0.717) is 21.9 Å². The maximum atomic E-state index is 11.5. The fraction of sp³-hybridized carbons (Fsp3) is 0.333. The van der Waals surface area contributed by atoms with Crippen LogP contribution in [0.3, 0.4) is 0 Å². The molecule has 4 nitrogen and oxygen atoms in total. The SMILES string of the molecule is CCCCSc1nc2c(ccc3c(C)cc(=O)oc32)o1. The van der Waals surface area contributed by atoms with Crippen molar-refractivity contribution in [3.05, 3.63) is 34.2 Å². The summed E-state index contributed by atoms with van der Waals surface area (Å²) in [6.07, 6.45) is 2.27. The number of fused-ring (bicyclic) bond motifs is 3. The molecule has 0 fully saturated rings. The van der Waals surface area contributed by atoms with Crippen molar-refractivity contribution in [2.75, 3.05) is 5.75 Å². The van der Waals surface area contributed by atoms with Crippen molar-refractivity contribution in [2.45, 2.75) is 31.9 Å². The summed E-state index contributed by atoms with van der Waals surface area (Å²) >= 11 is 1.59. The highest BCUT2D eigenvalue weighted by atomic mass is 32.2. The van der Waals surface area contributed by atoms with Crippen LogP contribution in [0.5, 0.6) is 0 Å². The number of oxazole rings is 1. The second-order valence-electron chi connectivity index (χ2n) is 4.72. The predicted molar refractivity (Wildman–Crippen MR) is 80.4 cm³/mol. The van der Waals surface area contributed by atoms with E-state index in [2.05, 4.69) is 11.9 Å². The molecule has 2 aromatic heterocycles. The molecule has 0 aliphatic rings. The Hall–Kier alpha value is -1.75. The molecular weight excluding hydrogens is 274 g/mol. The van der Waals surface area contributed by atoms with Crippen LogP contribution in [-0.4, -0.2) is 10.7 Å². The first kappa shape index (κ1) is 13.2. The fourth-order valence-corrected chi connectivity index (χ4v) is 3.03. The van der Waals surface area contributed by atoms with Crippen LogP contribution in [-0.2, 0) is 0 Å². The van der Waals surface area contributed by atoms with Gasteiger partial charge in [-0.15, -0.1) is 0 Å². The van der Waals surface area contributed by atoms with E-state index in [0.717, 1.165) is 29.5 Å². The molecule has 0 spiro atoms. The molecule has 0 aliphatic heterocycles. The van der Waals surface area contributed by atoms with Gasteiger partial charge in [-0.1, -0.05) is 25.1 Å². The van der Waals surface area contributed by atoms with Crippen molar-refractivity contribution in [3.8, 4) is 0 Å². The van der Waals surface area contributed by atoms with Crippen LogP contribution in [0.15, 0.2) is 37.1 Å². The van der Waals surface area contributed by atoms with Crippen LogP contribution in [0.4, 0.5) is 0 Å². The molecule has 3 rings (SSSR count). The molecule has 0 aliphatic carbocycles. The minimum Gasteiger partial charge on any atom is -0.431 e. The Morgan fingerprint density at radius 1 is 1.30 bits per heavy atom. The lowest BCUT2D eigenvalue weighted by Crippen LogP contribution is -1.97. The summed E-state index contributed by atoms with van der Waals surface area (Å²) in [4.78, 5) is 16.0. The van der Waals surface area contributed by atoms with E-state index in [-0.39, 0.29) is 5.63 Å². The van der Waals surface area contributed by atoms with E-state index in [1.165, 1.54) is 6.07 Å². The van der Waals surface area contributed by atoms with E-state index >= 15 is 0 Å². The zero-order valence-corrected chi connectivity index (χ0v) is 12.3. The maximum Gasteiger partial charge on any atom is 0.336 e. The Morgan fingerprint density at radius 2 is 2.15 bits per heavy atom. The van der Waals surface area contributed by atoms with E-state index in [9.17, 15) is 4.79 Å². The predicted octanol–water partition coefficient (Wildman–Crippen LogP) is 4.13. The molecule has 0 N–H and O–H groups in total. The molecule has 2 heterocycles. The van der Waals surface area contributed by atoms with E-state index in [1.54, 1.807) is 11.8 Å². The van der Waals surface area contributed by atoms with Gasteiger partial charge < -0.3 is 8.83 Å². The third kappa shape index (κ3) is 2.33. The lowest BCUT2D eigenvalue weighted by atomic mass is 10.1. The summed E-state index contributed by atoms with van der Waals surface area (Å²) < 4.78 is 11.0. The Bertz CT molecular complexity index is 819. The van der Waals surface area contributed by atoms with Crippen molar-refractivity contribution in [3.63, 3.8) is 0 Å². The summed E-state index contributed by atoms with van der Waals surface area (Å²) in [6.45, 7) is 4.04. The van der Waals surface area contributed by atoms with Crippen LogP contribution in [0, 0.1) is 6.92 Å². The smallest absolute Gasteiger partial charge is 0.336 e. The second kappa shape index (κ2) is 5.32. The third-order valence-corrected chi connectivity index (χ3v) is 4.09. The number of rotatable bonds is 4. The van der Waals surface area contributed by atoms with Gasteiger partial charge in [-0.2, -0.15) is 4.98 Å². The molecule has 20 heavy (non-hydrogen) atoms. The summed E-state index contributed by atoms with van der Waals surface area (Å²) in [6, 6.07) is 5.27. The normalized spacial score (nSPS) is 11.5. The average molecular weight is 289 g/mol. The highest BCUT2D eigenvalue weighted by molar-refractivity contribution is 7.99. The molecule has 0 atom stereocenters. The van der Waals surface area contributed by atoms with Gasteiger partial charge in [0.05, 0.1) is 0 Å². The number of nitrogens with zero attached hydrogens (tertiary/aromatic N) is 1. The molecule has 5 heteroatoms. The van der Waals surface area contributed by atoms with E-state index < -0.39 is 0 Å². The molecular formula is C15H15NO3S. The zero-order valence-electron chi connectivity index (χ0n) is 11.4. The Labute approximate surface area is 120 Å². The summed E-state index contributed by atoms with van der Waals surface area (Å²) in [5, 5.41) is 1.53. The number of thioether (sulfide) groups is 1. The third-order valence-electron chi connectivity index (χ3n) is 3.18. The molecule has 104 valence electrons. The number of hydrogen-bond acceptors (Lipinski definition) is 5. The first-order valence-corrected chi connectivity index (χ1v) is 7.64. The van der Waals surface area contributed by atoms with E-state index in [4.69, 9.17) is 8.83 Å². The van der Waals surface area contributed by atoms with Gasteiger partial charge in [-0.3, -0.25) is 0 Å². The Balaban J connectivity index is 2.13. The molecule has 0 amide bonds. The fourth-order valence-electron chi connectivity index (χ4n) is 2.11. The largest absolute Gasteiger partial charge is 0.431 e. The topological polar surface area (TPSA) is 56.2 Å². The van der Waals surface area contributed by atoms with Gasteiger partial charge in [-0.05, 0) is 31.0 Å².